The van der Waals surface area contributed by atoms with Gasteiger partial charge in [0, 0.05) is 18.4 Å². The first-order valence-corrected chi connectivity index (χ1v) is 12.9. The normalized spacial score (nSPS) is 40.1. The van der Waals surface area contributed by atoms with Crippen LogP contribution in [0.1, 0.15) is 78.6 Å². The second kappa shape index (κ2) is 8.65. The summed E-state index contributed by atoms with van der Waals surface area (Å²) in [6.07, 6.45) is 9.91. The number of ether oxygens (including phenoxy) is 1. The molecule has 4 aliphatic carbocycles. The summed E-state index contributed by atoms with van der Waals surface area (Å²) in [4.78, 5) is 28.1. The van der Waals surface area contributed by atoms with Crippen molar-refractivity contribution in [2.75, 3.05) is 0 Å². The number of rotatable bonds is 4. The zero-order valence-corrected chi connectivity index (χ0v) is 20.5. The molecule has 0 radical (unpaired) electrons. The highest BCUT2D eigenvalue weighted by molar-refractivity contribution is 5.85. The highest BCUT2D eigenvalue weighted by Crippen LogP contribution is 2.66. The number of hydrogen-bond donors (Lipinski definition) is 0. The van der Waals surface area contributed by atoms with Gasteiger partial charge in [0.1, 0.15) is 6.10 Å². The molecule has 0 aromatic heterocycles. The van der Waals surface area contributed by atoms with Crippen molar-refractivity contribution in [2.24, 2.45) is 39.7 Å². The third kappa shape index (κ3) is 3.81. The van der Waals surface area contributed by atoms with E-state index < -0.39 is 4.92 Å². The molecule has 34 heavy (non-hydrogen) atoms. The number of nitrogens with zero attached hydrogens (tertiary/aromatic N) is 2. The van der Waals surface area contributed by atoms with Gasteiger partial charge < -0.3 is 9.57 Å². The number of carbonyl (C=O) groups excluding carboxylic acids is 1. The van der Waals surface area contributed by atoms with Gasteiger partial charge in [-0.25, -0.2) is 0 Å². The Morgan fingerprint density at radius 2 is 1.82 bits per heavy atom. The first kappa shape index (κ1) is 23.3. The molecule has 4 aliphatic rings. The highest BCUT2D eigenvalue weighted by Gasteiger charge is 2.60. The fourth-order valence-electron chi connectivity index (χ4n) is 8.29. The number of para-hydroxylation sites is 2. The fourth-order valence-corrected chi connectivity index (χ4v) is 8.29. The van der Waals surface area contributed by atoms with E-state index in [1.54, 1.807) is 18.2 Å². The van der Waals surface area contributed by atoms with E-state index in [-0.39, 0.29) is 28.9 Å². The minimum Gasteiger partial charge on any atom is -0.462 e. The van der Waals surface area contributed by atoms with Crippen LogP contribution in [0.3, 0.4) is 0 Å². The first-order valence-electron chi connectivity index (χ1n) is 12.9. The summed E-state index contributed by atoms with van der Waals surface area (Å²) >= 11 is 0. The van der Waals surface area contributed by atoms with Crippen LogP contribution in [0.2, 0.25) is 0 Å². The molecule has 0 aliphatic heterocycles. The lowest BCUT2D eigenvalue weighted by atomic mass is 9.45. The van der Waals surface area contributed by atoms with Gasteiger partial charge >= 0.3 is 11.7 Å². The molecule has 0 bridgehead atoms. The number of nitro groups is 1. The summed E-state index contributed by atoms with van der Waals surface area (Å²) in [5.41, 5.74) is 1.38. The maximum atomic E-state index is 11.7. The molecule has 7 atom stereocenters. The second-order valence-corrected chi connectivity index (χ2v) is 11.6. The minimum absolute atomic E-state index is 0.0538. The van der Waals surface area contributed by atoms with E-state index in [1.807, 2.05) is 0 Å². The van der Waals surface area contributed by atoms with Gasteiger partial charge in [-0.15, -0.1) is 0 Å². The molecule has 4 saturated carbocycles. The molecule has 4 fully saturated rings. The average Bonchev–Trinajstić information content (AvgIpc) is 3.13. The zero-order chi connectivity index (χ0) is 24.1. The Kier molecular flexibility index (Phi) is 5.93. The summed E-state index contributed by atoms with van der Waals surface area (Å²) in [6, 6.07) is 6.41. The van der Waals surface area contributed by atoms with E-state index in [4.69, 9.17) is 9.57 Å². The summed E-state index contributed by atoms with van der Waals surface area (Å²) in [6.45, 7) is 6.40. The molecule has 0 N–H and O–H groups in total. The van der Waals surface area contributed by atoms with Gasteiger partial charge in [0.2, 0.25) is 5.75 Å². The lowest BCUT2D eigenvalue weighted by Crippen LogP contribution is -2.54. The van der Waals surface area contributed by atoms with Crippen LogP contribution in [0.4, 0.5) is 5.69 Å². The summed E-state index contributed by atoms with van der Waals surface area (Å²) in [7, 11) is 0. The van der Waals surface area contributed by atoms with E-state index in [0.29, 0.717) is 29.1 Å². The smallest absolute Gasteiger partial charge is 0.314 e. The van der Waals surface area contributed by atoms with E-state index in [2.05, 4.69) is 19.0 Å². The number of esters is 1. The number of carbonyl (C=O) groups is 1. The summed E-state index contributed by atoms with van der Waals surface area (Å²) < 4.78 is 5.79. The van der Waals surface area contributed by atoms with Crippen molar-refractivity contribution < 1.29 is 19.3 Å². The number of nitro benzene ring substituents is 1. The van der Waals surface area contributed by atoms with Gasteiger partial charge in [-0.3, -0.25) is 14.9 Å². The third-order valence-corrected chi connectivity index (χ3v) is 10.1. The van der Waals surface area contributed by atoms with Gasteiger partial charge in [0.15, 0.2) is 0 Å². The second-order valence-electron chi connectivity index (χ2n) is 11.6. The van der Waals surface area contributed by atoms with Crippen LogP contribution in [0.5, 0.6) is 5.75 Å². The fraction of sp³-hybridized carbons (Fsp3) is 0.704. The zero-order valence-electron chi connectivity index (χ0n) is 20.5. The van der Waals surface area contributed by atoms with Crippen LogP contribution in [-0.4, -0.2) is 22.7 Å². The average molecular weight is 469 g/mol. The Morgan fingerprint density at radius 1 is 1.06 bits per heavy atom. The molecule has 0 saturated heterocycles. The highest BCUT2D eigenvalue weighted by atomic mass is 16.7. The van der Waals surface area contributed by atoms with E-state index in [1.165, 1.54) is 38.7 Å². The molecule has 7 nitrogen and oxygen atoms in total. The quantitative estimate of drug-likeness (QED) is 0.294. The predicted molar refractivity (Wildman–Crippen MR) is 128 cm³/mol. The molecule has 0 spiro atoms. The number of fused-ring (bicyclic) bond motifs is 5. The van der Waals surface area contributed by atoms with E-state index >= 15 is 0 Å². The van der Waals surface area contributed by atoms with Crippen LogP contribution in [0, 0.1) is 44.6 Å². The van der Waals surface area contributed by atoms with Gasteiger partial charge in [-0.2, -0.15) is 0 Å². The Hall–Kier alpha value is -2.44. The number of oxime groups is 1. The monoisotopic (exact) mass is 468 g/mol. The molecule has 1 aromatic carbocycles. The van der Waals surface area contributed by atoms with Crippen LogP contribution in [-0.2, 0) is 9.53 Å². The molecule has 0 amide bonds. The third-order valence-electron chi connectivity index (χ3n) is 10.1. The van der Waals surface area contributed by atoms with Crippen molar-refractivity contribution >= 4 is 17.4 Å². The standard InChI is InChI=1S/C27H36N2O5/c1-17(30)33-25-11-10-21-20-9-8-18-16-19(28-34-24-7-5-4-6-23(24)29(31)32)12-14-26(18,2)22(20)13-15-27(21,25)3/h4-7,18,20-22,25H,8-16H2,1-3H3/b28-19+/t18-,20-,21-,22-,25-,26-,27-/m0/s1. The Morgan fingerprint density at radius 3 is 2.59 bits per heavy atom. The van der Waals surface area contributed by atoms with Crippen molar-refractivity contribution in [1.82, 2.24) is 0 Å². The van der Waals surface area contributed by atoms with Crippen molar-refractivity contribution in [3.63, 3.8) is 0 Å². The SMILES string of the molecule is CC(=O)O[C@H]1CC[C@H]2[C@@H]3CC[C@H]4C/C(=N/Oc5ccccc5[N+](=O)[O-])CC[C@]4(C)[C@H]3CC[C@]12C. The van der Waals surface area contributed by atoms with Crippen LogP contribution < -0.4 is 4.84 Å². The lowest BCUT2D eigenvalue weighted by Gasteiger charge is -2.60. The molecule has 184 valence electrons. The van der Waals surface area contributed by atoms with Gasteiger partial charge in [0.25, 0.3) is 0 Å². The lowest BCUT2D eigenvalue weighted by molar-refractivity contribution is -0.385. The molecule has 1 aromatic rings. The Bertz CT molecular complexity index is 1010. The van der Waals surface area contributed by atoms with Crippen molar-refractivity contribution in [3.05, 3.63) is 34.4 Å². The number of hydrogen-bond acceptors (Lipinski definition) is 6. The molecule has 0 unspecified atom stereocenters. The maximum Gasteiger partial charge on any atom is 0.314 e. The van der Waals surface area contributed by atoms with Crippen molar-refractivity contribution in [1.29, 1.82) is 0 Å². The molecule has 0 heterocycles. The molecular formula is C27H36N2O5. The van der Waals surface area contributed by atoms with Crippen LogP contribution in [0.25, 0.3) is 0 Å². The van der Waals surface area contributed by atoms with Crippen LogP contribution >= 0.6 is 0 Å². The van der Waals surface area contributed by atoms with Crippen molar-refractivity contribution in [3.8, 4) is 5.75 Å². The van der Waals surface area contributed by atoms with Gasteiger partial charge in [-0.05, 0) is 92.9 Å². The molecule has 5 rings (SSSR count). The van der Waals surface area contributed by atoms with Gasteiger partial charge in [-0.1, -0.05) is 31.1 Å². The van der Waals surface area contributed by atoms with Gasteiger partial charge in [0.05, 0.1) is 10.6 Å². The Labute approximate surface area is 201 Å². The van der Waals surface area contributed by atoms with E-state index in [0.717, 1.165) is 37.8 Å². The summed E-state index contributed by atoms with van der Waals surface area (Å²) in [5, 5.41) is 15.7. The minimum atomic E-state index is -0.430. The Balaban J connectivity index is 1.29. The summed E-state index contributed by atoms with van der Waals surface area (Å²) in [5.74, 6) is 2.69. The topological polar surface area (TPSA) is 91.0 Å². The largest absolute Gasteiger partial charge is 0.462 e. The maximum absolute atomic E-state index is 11.7. The van der Waals surface area contributed by atoms with Crippen molar-refractivity contribution in [2.45, 2.75) is 84.7 Å². The molecule has 7 heteroatoms. The first-order chi connectivity index (χ1) is 16.2. The van der Waals surface area contributed by atoms with Crippen LogP contribution in [0.15, 0.2) is 29.4 Å². The van der Waals surface area contributed by atoms with E-state index in [9.17, 15) is 14.9 Å². The predicted octanol–water partition coefficient (Wildman–Crippen LogP) is 6.30. The number of benzene rings is 1. The molecular weight excluding hydrogens is 432 g/mol.